The minimum Gasteiger partial charge on any atom is -0.461 e. The fourth-order valence-electron chi connectivity index (χ4n) is 4.99. The molecule has 7 nitrogen and oxygen atoms in total. The maximum atomic E-state index is 13.1. The van der Waals surface area contributed by atoms with Gasteiger partial charge in [0, 0.05) is 42.4 Å². The Kier molecular flexibility index (Phi) is 8.18. The summed E-state index contributed by atoms with van der Waals surface area (Å²) in [5.41, 5.74) is 3.35. The van der Waals surface area contributed by atoms with Crippen molar-refractivity contribution >= 4 is 28.9 Å². The van der Waals surface area contributed by atoms with Crippen LogP contribution in [-0.4, -0.2) is 49.6 Å². The summed E-state index contributed by atoms with van der Waals surface area (Å²) < 4.78 is 50.1. The quantitative estimate of drug-likeness (QED) is 0.219. The Hall–Kier alpha value is -3.76. The van der Waals surface area contributed by atoms with Crippen LogP contribution in [0.5, 0.6) is 0 Å². The smallest absolute Gasteiger partial charge is 0.416 e. The first kappa shape index (κ1) is 27.8. The molecule has 2 heterocycles. The number of pyridine rings is 1. The van der Waals surface area contributed by atoms with Crippen LogP contribution in [0.3, 0.4) is 0 Å². The van der Waals surface area contributed by atoms with Gasteiger partial charge >= 0.3 is 12.1 Å². The van der Waals surface area contributed by atoms with Crippen molar-refractivity contribution in [1.29, 1.82) is 5.41 Å². The highest BCUT2D eigenvalue weighted by molar-refractivity contribution is 6.09. The van der Waals surface area contributed by atoms with Gasteiger partial charge in [-0.3, -0.25) is 5.32 Å². The van der Waals surface area contributed by atoms with E-state index in [0.29, 0.717) is 41.6 Å². The molecule has 1 aliphatic heterocycles. The van der Waals surface area contributed by atoms with E-state index in [0.717, 1.165) is 55.7 Å². The van der Waals surface area contributed by atoms with Crippen LogP contribution in [0.15, 0.2) is 54.6 Å². The predicted molar refractivity (Wildman–Crippen MR) is 146 cm³/mol. The second-order valence-electron chi connectivity index (χ2n) is 9.99. The number of morpholine rings is 1. The van der Waals surface area contributed by atoms with Gasteiger partial charge in [0.15, 0.2) is 5.69 Å². The molecule has 0 spiro atoms. The topological polar surface area (TPSA) is 92.1 Å². The van der Waals surface area contributed by atoms with Gasteiger partial charge < -0.3 is 19.8 Å². The van der Waals surface area contributed by atoms with Crippen LogP contribution in [0.4, 0.5) is 30.4 Å². The van der Waals surface area contributed by atoms with Crippen molar-refractivity contribution in [1.82, 2.24) is 4.98 Å². The molecule has 3 N–H and O–H groups in total. The lowest BCUT2D eigenvalue weighted by Gasteiger charge is -2.29. The van der Waals surface area contributed by atoms with Gasteiger partial charge in [-0.25, -0.2) is 4.79 Å². The Labute approximate surface area is 230 Å². The van der Waals surface area contributed by atoms with E-state index in [1.165, 1.54) is 12.1 Å². The number of ether oxygens (including phenoxy) is 2. The molecule has 1 aromatic heterocycles. The van der Waals surface area contributed by atoms with Gasteiger partial charge in [0.2, 0.25) is 5.82 Å². The van der Waals surface area contributed by atoms with Crippen LogP contribution in [-0.2, 0) is 15.7 Å². The molecule has 2 aromatic carbocycles. The summed E-state index contributed by atoms with van der Waals surface area (Å²) >= 11 is 0. The lowest BCUT2D eigenvalue weighted by atomic mass is 9.78. The van der Waals surface area contributed by atoms with Crippen LogP contribution < -0.4 is 10.2 Å². The summed E-state index contributed by atoms with van der Waals surface area (Å²) in [6.45, 7) is 4.80. The second-order valence-corrected chi connectivity index (χ2v) is 9.99. The summed E-state index contributed by atoms with van der Waals surface area (Å²) in [7, 11) is 0. The molecular formula is C30H32F3N4O3+. The molecular weight excluding hydrogens is 521 g/mol. The third-order valence-corrected chi connectivity index (χ3v) is 7.41. The molecule has 2 aliphatic rings. The minimum atomic E-state index is -4.45. The number of esters is 1. The lowest BCUT2D eigenvalue weighted by molar-refractivity contribution is -0.483. The van der Waals surface area contributed by atoms with Crippen molar-refractivity contribution in [2.75, 3.05) is 37.8 Å². The van der Waals surface area contributed by atoms with Gasteiger partial charge in [0.25, 0.3) is 0 Å². The number of nitrogens with one attached hydrogen (secondary N) is 1. The fourth-order valence-corrected chi connectivity index (χ4v) is 4.99. The highest BCUT2D eigenvalue weighted by Gasteiger charge is 2.32. The molecule has 2 fully saturated rings. The fraction of sp³-hybridized carbons (Fsp3) is 0.367. The number of carbonyl (C=O) groups is 1. The Balaban J connectivity index is 1.60. The van der Waals surface area contributed by atoms with E-state index in [4.69, 9.17) is 14.9 Å². The molecule has 1 aliphatic carbocycles. The van der Waals surface area contributed by atoms with Crippen LogP contribution in [0, 0.1) is 11.3 Å². The Morgan fingerprint density at radius 2 is 1.77 bits per heavy atom. The highest BCUT2D eigenvalue weighted by atomic mass is 19.4. The predicted octanol–water partition coefficient (Wildman–Crippen LogP) is 5.48. The summed E-state index contributed by atoms with van der Waals surface area (Å²) in [5, 5.41) is 10.8. The van der Waals surface area contributed by atoms with Gasteiger partial charge in [0.05, 0.1) is 36.7 Å². The van der Waals surface area contributed by atoms with Gasteiger partial charge in [-0.05, 0) is 55.7 Å². The third kappa shape index (κ3) is 6.03. The molecule has 3 aromatic rings. The minimum absolute atomic E-state index is 0.0568. The van der Waals surface area contributed by atoms with Gasteiger partial charge in [-0.2, -0.15) is 18.2 Å². The first-order valence-corrected chi connectivity index (χ1v) is 13.5. The number of alkyl halides is 3. The molecule has 0 amide bonds. The van der Waals surface area contributed by atoms with Gasteiger partial charge in [-0.15, -0.1) is 0 Å². The van der Waals surface area contributed by atoms with E-state index in [1.54, 1.807) is 18.3 Å². The summed E-state index contributed by atoms with van der Waals surface area (Å²) in [6, 6.07) is 14.4. The van der Waals surface area contributed by atoms with Crippen molar-refractivity contribution in [2.45, 2.75) is 32.4 Å². The summed E-state index contributed by atoms with van der Waals surface area (Å²) in [6.07, 6.45) is -1.65. The summed E-state index contributed by atoms with van der Waals surface area (Å²) in [5.74, 6) is -0.187. The Morgan fingerprint density at radius 1 is 1.10 bits per heavy atom. The molecule has 10 heteroatoms. The van der Waals surface area contributed by atoms with Gasteiger partial charge in [0.1, 0.15) is 5.69 Å². The van der Waals surface area contributed by atoms with Crippen LogP contribution >= 0.6 is 0 Å². The zero-order valence-electron chi connectivity index (χ0n) is 22.3. The number of halogens is 3. The number of hydrogen-bond acceptors (Lipinski definition) is 6. The van der Waals surface area contributed by atoms with Crippen LogP contribution in [0.25, 0.3) is 11.1 Å². The first-order chi connectivity index (χ1) is 19.2. The van der Waals surface area contributed by atoms with E-state index in [9.17, 15) is 18.0 Å². The van der Waals surface area contributed by atoms with Crippen LogP contribution in [0.2, 0.25) is 0 Å². The average Bonchev–Trinajstić information content (AvgIpc) is 2.92. The monoisotopic (exact) mass is 553 g/mol. The van der Waals surface area contributed by atoms with Crippen LogP contribution in [0.1, 0.15) is 47.8 Å². The number of aromatic nitrogens is 1. The largest absolute Gasteiger partial charge is 0.461 e. The number of benzene rings is 2. The van der Waals surface area contributed by atoms with E-state index in [1.807, 2.05) is 24.3 Å². The first-order valence-electron chi connectivity index (χ1n) is 13.5. The average molecular weight is 554 g/mol. The molecule has 0 radical (unpaired) electrons. The number of anilines is 1. The number of rotatable bonds is 8. The molecule has 5 rings (SSSR count). The maximum Gasteiger partial charge on any atom is 0.416 e. The van der Waals surface area contributed by atoms with Crippen molar-refractivity contribution in [3.63, 3.8) is 0 Å². The van der Waals surface area contributed by atoms with Crippen molar-refractivity contribution in [3.05, 3.63) is 71.4 Å². The molecule has 0 bridgehead atoms. The van der Waals surface area contributed by atoms with E-state index in [2.05, 4.69) is 9.88 Å². The molecule has 0 atom stereocenters. The summed E-state index contributed by atoms with van der Waals surface area (Å²) in [4.78, 5) is 19.7. The van der Waals surface area contributed by atoms with E-state index in [-0.39, 0.29) is 18.2 Å². The standard InChI is InChI=1S/C30H31F3N4O3/c1-2-40-29(38)25-18-24(19-6-12-23(13-7-19)37-14-16-39-17-15-37)26(27(34)20-4-3-5-20)28(36-25)35-22-10-8-21(9-11-22)30(31,32)33/h6-13,18,20,34H,2-5,14-17H2,1H3,(H,35,36)/p+1. The van der Waals surface area contributed by atoms with Crippen molar-refractivity contribution in [2.24, 2.45) is 5.92 Å². The number of nitrogens with zero attached hydrogens (tertiary/aromatic N) is 2. The lowest BCUT2D eigenvalue weighted by Crippen LogP contribution is -2.72. The molecule has 210 valence electrons. The number of quaternary nitrogens is 1. The van der Waals surface area contributed by atoms with E-state index < -0.39 is 17.7 Å². The molecule has 1 saturated carbocycles. The normalized spacial score (nSPS) is 15.9. The molecule has 1 saturated heterocycles. The number of hydrogen-bond donors (Lipinski definition) is 2. The zero-order valence-corrected chi connectivity index (χ0v) is 22.3. The van der Waals surface area contributed by atoms with Gasteiger partial charge in [-0.1, -0.05) is 18.6 Å². The maximum absolute atomic E-state index is 13.1. The second kappa shape index (κ2) is 11.8. The highest BCUT2D eigenvalue weighted by Crippen LogP contribution is 2.37. The number of nitrogens with two attached hydrogens (primary N) is 1. The molecule has 0 unspecified atom stereocenters. The van der Waals surface area contributed by atoms with Crippen molar-refractivity contribution in [3.8, 4) is 11.1 Å². The Morgan fingerprint density at radius 3 is 2.35 bits per heavy atom. The Bertz CT molecular complexity index is 1360. The van der Waals surface area contributed by atoms with Crippen molar-refractivity contribution < 1.29 is 32.8 Å². The third-order valence-electron chi connectivity index (χ3n) is 7.41. The zero-order chi connectivity index (χ0) is 28.3. The SMILES string of the molecule is CCOC(=O)c1cc(-c2ccc(N3CCOCC3)cc2)c(C(=N)C2CCC2)c([NH2+]c2ccc(C(F)(F)F)cc2)n1. The molecule has 40 heavy (non-hydrogen) atoms. The number of carbonyl (C=O) groups excluding carboxylic acids is 1. The van der Waals surface area contributed by atoms with E-state index >= 15 is 0 Å².